The van der Waals surface area contributed by atoms with Crippen LogP contribution in [0.25, 0.3) is 11.5 Å². The summed E-state index contributed by atoms with van der Waals surface area (Å²) in [4.78, 5) is 22.2. The first-order valence-electron chi connectivity index (χ1n) is 11.1. The van der Waals surface area contributed by atoms with Crippen molar-refractivity contribution in [1.29, 1.82) is 0 Å². The Kier molecular flexibility index (Phi) is 6.34. The zero-order valence-electron chi connectivity index (χ0n) is 17.8. The second-order valence-electron chi connectivity index (χ2n) is 8.90. The van der Waals surface area contributed by atoms with Crippen LogP contribution in [-0.4, -0.2) is 53.4 Å². The molecule has 2 saturated heterocycles. The number of hydrogen-bond donors (Lipinski definition) is 0. The maximum absolute atomic E-state index is 13.0. The molecule has 2 fully saturated rings. The van der Waals surface area contributed by atoms with E-state index in [0.717, 1.165) is 49.0 Å². The van der Waals surface area contributed by atoms with Crippen molar-refractivity contribution >= 4 is 5.91 Å². The molecule has 0 N–H and O–H groups in total. The fraction of sp³-hybridized carbons (Fsp3) is 0.583. The maximum Gasteiger partial charge on any atom is 0.228 e. The molecule has 29 heavy (non-hydrogen) atoms. The lowest BCUT2D eigenvalue weighted by atomic mass is 9.94. The number of amides is 1. The van der Waals surface area contributed by atoms with Gasteiger partial charge >= 0.3 is 0 Å². The van der Waals surface area contributed by atoms with E-state index in [-0.39, 0.29) is 5.91 Å². The number of likely N-dealkylation sites (tertiary alicyclic amines) is 2. The van der Waals surface area contributed by atoms with Gasteiger partial charge < -0.3 is 14.2 Å². The Balaban J connectivity index is 1.34. The van der Waals surface area contributed by atoms with E-state index in [1.54, 1.807) is 0 Å². The minimum absolute atomic E-state index is 0.179. The Hall–Kier alpha value is -2.14. The molecular formula is C24H33N3O2. The Bertz CT molecular complexity index is 809. The highest BCUT2D eigenvalue weighted by Crippen LogP contribution is 2.24. The minimum atomic E-state index is 0.179. The molecule has 1 amide bonds. The van der Waals surface area contributed by atoms with Gasteiger partial charge in [-0.2, -0.15) is 0 Å². The summed E-state index contributed by atoms with van der Waals surface area (Å²) in [5, 5.41) is 0. The fourth-order valence-electron chi connectivity index (χ4n) is 4.60. The average Bonchev–Trinajstić information content (AvgIpc) is 3.11. The van der Waals surface area contributed by atoms with Crippen LogP contribution in [0, 0.1) is 18.8 Å². The molecule has 5 nitrogen and oxygen atoms in total. The molecule has 2 aromatic rings. The summed E-state index contributed by atoms with van der Waals surface area (Å²) in [6.07, 6.45) is 5.29. The summed E-state index contributed by atoms with van der Waals surface area (Å²) in [6, 6.07) is 9.87. The van der Waals surface area contributed by atoms with Gasteiger partial charge in [-0.15, -0.1) is 0 Å². The quantitative estimate of drug-likeness (QED) is 0.763. The predicted molar refractivity (Wildman–Crippen MR) is 115 cm³/mol. The molecule has 2 aliphatic heterocycles. The van der Waals surface area contributed by atoms with Gasteiger partial charge in [-0.05, 0) is 69.7 Å². The highest BCUT2D eigenvalue weighted by atomic mass is 16.4. The fourth-order valence-corrected chi connectivity index (χ4v) is 4.60. The van der Waals surface area contributed by atoms with Gasteiger partial charge in [0.15, 0.2) is 0 Å². The van der Waals surface area contributed by atoms with Crippen LogP contribution in [0.2, 0.25) is 0 Å². The first kappa shape index (κ1) is 20.1. The van der Waals surface area contributed by atoms with Gasteiger partial charge in [-0.1, -0.05) is 25.1 Å². The van der Waals surface area contributed by atoms with E-state index in [1.807, 2.05) is 37.3 Å². The first-order chi connectivity index (χ1) is 14.1. The molecule has 0 radical (unpaired) electrons. The molecule has 4 rings (SSSR count). The number of piperidine rings is 2. The number of aryl methyl sites for hydroxylation is 1. The molecule has 0 bridgehead atoms. The maximum atomic E-state index is 13.0. The zero-order chi connectivity index (χ0) is 20.2. The normalized spacial score (nSPS) is 21.4. The lowest BCUT2D eigenvalue weighted by Crippen LogP contribution is -2.45. The Morgan fingerprint density at radius 1 is 1.14 bits per heavy atom. The van der Waals surface area contributed by atoms with Crippen molar-refractivity contribution in [1.82, 2.24) is 14.8 Å². The molecule has 0 saturated carbocycles. The molecule has 5 heteroatoms. The molecule has 1 aromatic carbocycles. The molecule has 0 spiro atoms. The Morgan fingerprint density at radius 3 is 2.66 bits per heavy atom. The third-order valence-corrected chi connectivity index (χ3v) is 6.50. The lowest BCUT2D eigenvalue weighted by Gasteiger charge is -2.37. The largest absolute Gasteiger partial charge is 0.441 e. The van der Waals surface area contributed by atoms with E-state index >= 15 is 0 Å². The molecule has 1 unspecified atom stereocenters. The molecule has 1 aromatic heterocycles. The van der Waals surface area contributed by atoms with Crippen LogP contribution in [0.4, 0.5) is 0 Å². The van der Waals surface area contributed by atoms with Crippen molar-refractivity contribution in [3.63, 3.8) is 0 Å². The monoisotopic (exact) mass is 395 g/mol. The van der Waals surface area contributed by atoms with E-state index in [2.05, 4.69) is 21.7 Å². The summed E-state index contributed by atoms with van der Waals surface area (Å²) in [5.74, 6) is 2.98. The number of hydrogen-bond acceptors (Lipinski definition) is 4. The number of benzene rings is 1. The molecule has 1 atom stereocenters. The SMILES string of the molecule is Cc1oc(-c2ccccc2)nc1CC(=O)N1CCCC(CN2CCC(C)CC2)C1. The van der Waals surface area contributed by atoms with Crippen LogP contribution in [0.1, 0.15) is 44.1 Å². The topological polar surface area (TPSA) is 49.6 Å². The summed E-state index contributed by atoms with van der Waals surface area (Å²) < 4.78 is 5.83. The average molecular weight is 396 g/mol. The summed E-state index contributed by atoms with van der Waals surface area (Å²) >= 11 is 0. The summed E-state index contributed by atoms with van der Waals surface area (Å²) in [7, 11) is 0. The van der Waals surface area contributed by atoms with Crippen LogP contribution in [-0.2, 0) is 11.2 Å². The van der Waals surface area contributed by atoms with Gasteiger partial charge in [0.25, 0.3) is 0 Å². The lowest BCUT2D eigenvalue weighted by molar-refractivity contribution is -0.132. The molecule has 2 aliphatic rings. The Morgan fingerprint density at radius 2 is 1.90 bits per heavy atom. The third-order valence-electron chi connectivity index (χ3n) is 6.50. The van der Waals surface area contributed by atoms with E-state index in [0.29, 0.717) is 18.2 Å². The highest BCUT2D eigenvalue weighted by Gasteiger charge is 2.27. The van der Waals surface area contributed by atoms with Crippen molar-refractivity contribution in [2.75, 3.05) is 32.7 Å². The van der Waals surface area contributed by atoms with Crippen molar-refractivity contribution in [3.8, 4) is 11.5 Å². The molecule has 3 heterocycles. The predicted octanol–water partition coefficient (Wildman–Crippen LogP) is 4.16. The molecular weight excluding hydrogens is 362 g/mol. The standard InChI is InChI=1S/C24H33N3O2/c1-18-10-13-26(14-11-18)16-20-7-6-12-27(17-20)23(28)15-22-19(2)29-24(25-22)21-8-4-3-5-9-21/h3-5,8-9,18,20H,6-7,10-17H2,1-2H3. The van der Waals surface area contributed by atoms with Crippen molar-refractivity contribution < 1.29 is 9.21 Å². The van der Waals surface area contributed by atoms with Crippen LogP contribution >= 0.6 is 0 Å². The van der Waals surface area contributed by atoms with Gasteiger partial charge in [0.2, 0.25) is 11.8 Å². The minimum Gasteiger partial charge on any atom is -0.441 e. The van der Waals surface area contributed by atoms with Crippen molar-refractivity contribution in [2.24, 2.45) is 11.8 Å². The van der Waals surface area contributed by atoms with Crippen molar-refractivity contribution in [2.45, 2.75) is 46.0 Å². The summed E-state index contributed by atoms with van der Waals surface area (Å²) in [5.41, 5.74) is 1.71. The van der Waals surface area contributed by atoms with Gasteiger partial charge in [0, 0.05) is 25.2 Å². The third kappa shape index (κ3) is 5.08. The smallest absolute Gasteiger partial charge is 0.228 e. The van der Waals surface area contributed by atoms with Gasteiger partial charge in [-0.25, -0.2) is 4.98 Å². The number of nitrogens with zero attached hydrogens (tertiary/aromatic N) is 3. The number of carbonyl (C=O) groups excluding carboxylic acids is 1. The van der Waals surface area contributed by atoms with E-state index in [1.165, 1.54) is 32.4 Å². The highest BCUT2D eigenvalue weighted by molar-refractivity contribution is 5.78. The van der Waals surface area contributed by atoms with Gasteiger partial charge in [0.1, 0.15) is 5.76 Å². The Labute approximate surface area is 174 Å². The number of rotatable bonds is 5. The van der Waals surface area contributed by atoms with E-state index < -0.39 is 0 Å². The van der Waals surface area contributed by atoms with Crippen LogP contribution in [0.15, 0.2) is 34.7 Å². The molecule has 156 valence electrons. The van der Waals surface area contributed by atoms with Gasteiger partial charge in [-0.3, -0.25) is 4.79 Å². The van der Waals surface area contributed by atoms with Crippen LogP contribution < -0.4 is 0 Å². The summed E-state index contributed by atoms with van der Waals surface area (Å²) in [6.45, 7) is 9.57. The number of carbonyl (C=O) groups is 1. The van der Waals surface area contributed by atoms with E-state index in [9.17, 15) is 4.79 Å². The van der Waals surface area contributed by atoms with Crippen molar-refractivity contribution in [3.05, 3.63) is 41.8 Å². The molecule has 0 aliphatic carbocycles. The second kappa shape index (κ2) is 9.12. The number of aromatic nitrogens is 1. The zero-order valence-corrected chi connectivity index (χ0v) is 17.8. The first-order valence-corrected chi connectivity index (χ1v) is 11.1. The van der Waals surface area contributed by atoms with Crippen LogP contribution in [0.5, 0.6) is 0 Å². The second-order valence-corrected chi connectivity index (χ2v) is 8.90. The van der Waals surface area contributed by atoms with Crippen LogP contribution in [0.3, 0.4) is 0 Å². The van der Waals surface area contributed by atoms with Gasteiger partial charge in [0.05, 0.1) is 12.1 Å². The number of oxazole rings is 1. The van der Waals surface area contributed by atoms with E-state index in [4.69, 9.17) is 4.42 Å².